The minimum Gasteiger partial charge on any atom is -0.349 e. The molecule has 1 aromatic carbocycles. The van der Waals surface area contributed by atoms with E-state index in [0.717, 1.165) is 4.88 Å². The summed E-state index contributed by atoms with van der Waals surface area (Å²) in [5.74, 6) is 0.111. The van der Waals surface area contributed by atoms with E-state index in [2.05, 4.69) is 30.5 Å². The first-order valence-corrected chi connectivity index (χ1v) is 10.9. The highest BCUT2D eigenvalue weighted by Gasteiger charge is 2.32. The standard InChI is InChI=1S/C19H23N3O3S2/c1-19(2,3)17(14-9-7-11-26-14)20-16(23)12-22(4)18-13-8-5-6-10-15(13)27(24,25)21-18/h5-11,17H,12H2,1-4H3,(H,20,23). The number of hydrogen-bond donors (Lipinski definition) is 1. The molecule has 2 heterocycles. The maximum atomic E-state index is 12.7. The zero-order valence-electron chi connectivity index (χ0n) is 15.8. The van der Waals surface area contributed by atoms with Gasteiger partial charge in [-0.25, -0.2) is 0 Å². The molecule has 1 N–H and O–H groups in total. The Labute approximate surface area is 164 Å². The molecule has 0 saturated carbocycles. The van der Waals surface area contributed by atoms with Gasteiger partial charge in [-0.2, -0.15) is 8.42 Å². The second-order valence-electron chi connectivity index (χ2n) is 7.62. The van der Waals surface area contributed by atoms with Gasteiger partial charge in [-0.15, -0.1) is 15.7 Å². The van der Waals surface area contributed by atoms with E-state index < -0.39 is 10.0 Å². The van der Waals surface area contributed by atoms with E-state index >= 15 is 0 Å². The van der Waals surface area contributed by atoms with Gasteiger partial charge in [0.2, 0.25) is 5.91 Å². The molecule has 1 aromatic heterocycles. The molecule has 0 radical (unpaired) electrons. The van der Waals surface area contributed by atoms with Crippen molar-refractivity contribution >= 4 is 33.1 Å². The Balaban J connectivity index is 1.77. The molecule has 2 aromatic rings. The number of carbonyl (C=O) groups excluding carboxylic acids is 1. The van der Waals surface area contributed by atoms with Crippen molar-refractivity contribution in [2.45, 2.75) is 31.7 Å². The van der Waals surface area contributed by atoms with Gasteiger partial charge in [0.25, 0.3) is 10.0 Å². The Kier molecular flexibility index (Phi) is 5.14. The Bertz CT molecular complexity index is 974. The molecule has 6 nitrogen and oxygen atoms in total. The molecule has 3 rings (SSSR count). The number of nitrogens with one attached hydrogen (secondary N) is 1. The summed E-state index contributed by atoms with van der Waals surface area (Å²) in [6.45, 7) is 6.24. The highest BCUT2D eigenvalue weighted by molar-refractivity contribution is 7.90. The second kappa shape index (κ2) is 7.09. The molecular formula is C19H23N3O3S2. The fraction of sp³-hybridized carbons (Fsp3) is 0.368. The van der Waals surface area contributed by atoms with Crippen molar-refractivity contribution in [1.29, 1.82) is 0 Å². The van der Waals surface area contributed by atoms with Crippen LogP contribution in [0.4, 0.5) is 0 Å². The van der Waals surface area contributed by atoms with Crippen molar-refractivity contribution in [3.05, 3.63) is 52.2 Å². The topological polar surface area (TPSA) is 78.8 Å². The van der Waals surface area contributed by atoms with Crippen LogP contribution in [0.3, 0.4) is 0 Å². The Morgan fingerprint density at radius 1 is 1.22 bits per heavy atom. The Morgan fingerprint density at radius 3 is 2.56 bits per heavy atom. The van der Waals surface area contributed by atoms with Gasteiger partial charge in [-0.1, -0.05) is 39.0 Å². The fourth-order valence-electron chi connectivity index (χ4n) is 3.03. The molecule has 0 aliphatic carbocycles. The molecule has 8 heteroatoms. The zero-order valence-corrected chi connectivity index (χ0v) is 17.4. The summed E-state index contributed by atoms with van der Waals surface area (Å²) in [6, 6.07) is 10.5. The van der Waals surface area contributed by atoms with E-state index in [0.29, 0.717) is 11.4 Å². The maximum Gasteiger partial charge on any atom is 0.285 e. The first-order valence-electron chi connectivity index (χ1n) is 8.58. The van der Waals surface area contributed by atoms with Gasteiger partial charge in [0.05, 0.1) is 12.6 Å². The van der Waals surface area contributed by atoms with Crippen LogP contribution in [-0.4, -0.2) is 38.7 Å². The fourth-order valence-corrected chi connectivity index (χ4v) is 5.30. The van der Waals surface area contributed by atoms with Crippen LogP contribution in [0.25, 0.3) is 0 Å². The molecule has 1 atom stereocenters. The molecule has 0 spiro atoms. The lowest BCUT2D eigenvalue weighted by molar-refractivity contribution is -0.122. The lowest BCUT2D eigenvalue weighted by atomic mass is 9.85. The van der Waals surface area contributed by atoms with Gasteiger partial charge < -0.3 is 10.2 Å². The second-order valence-corrected chi connectivity index (χ2v) is 10.2. The van der Waals surface area contributed by atoms with Crippen molar-refractivity contribution in [2.75, 3.05) is 13.6 Å². The monoisotopic (exact) mass is 405 g/mol. The number of nitrogens with zero attached hydrogens (tertiary/aromatic N) is 2. The normalized spacial score (nSPS) is 16.4. The minimum absolute atomic E-state index is 0.0145. The van der Waals surface area contributed by atoms with E-state index in [-0.39, 0.29) is 28.8 Å². The third-order valence-corrected chi connectivity index (χ3v) is 6.62. The minimum atomic E-state index is -3.70. The quantitative estimate of drug-likeness (QED) is 0.848. The van der Waals surface area contributed by atoms with Crippen LogP contribution in [0, 0.1) is 5.41 Å². The summed E-state index contributed by atoms with van der Waals surface area (Å²) >= 11 is 1.60. The van der Waals surface area contributed by atoms with Gasteiger partial charge in [-0.3, -0.25) is 4.79 Å². The average molecular weight is 406 g/mol. The van der Waals surface area contributed by atoms with Crippen LogP contribution in [0.15, 0.2) is 51.1 Å². The number of thiophene rings is 1. The summed E-state index contributed by atoms with van der Waals surface area (Å²) in [6.07, 6.45) is 0. The number of fused-ring (bicyclic) bond motifs is 1. The molecule has 144 valence electrons. The van der Waals surface area contributed by atoms with Gasteiger partial charge in [-0.05, 0) is 29.0 Å². The number of rotatable bonds is 4. The highest BCUT2D eigenvalue weighted by Crippen LogP contribution is 2.35. The van der Waals surface area contributed by atoms with Crippen LogP contribution >= 0.6 is 11.3 Å². The SMILES string of the molecule is CN(CC(=O)NC(c1cccs1)C(C)(C)C)C1=NS(=O)(=O)c2ccccc21. The number of amidine groups is 1. The summed E-state index contributed by atoms with van der Waals surface area (Å²) in [5.41, 5.74) is 0.373. The molecule has 1 unspecified atom stereocenters. The number of hydrogen-bond acceptors (Lipinski definition) is 5. The van der Waals surface area contributed by atoms with Crippen molar-refractivity contribution in [3.8, 4) is 0 Å². The molecule has 0 bridgehead atoms. The van der Waals surface area contributed by atoms with Gasteiger partial charge >= 0.3 is 0 Å². The molecule has 0 saturated heterocycles. The summed E-state index contributed by atoms with van der Waals surface area (Å²) in [5, 5.41) is 5.07. The first kappa shape index (κ1) is 19.6. The molecule has 1 aliphatic heterocycles. The number of likely N-dealkylation sites (N-methyl/N-ethyl adjacent to an activating group) is 1. The number of amides is 1. The zero-order chi connectivity index (χ0) is 19.8. The van der Waals surface area contributed by atoms with E-state index in [1.54, 1.807) is 41.5 Å². The molecule has 0 fully saturated rings. The van der Waals surface area contributed by atoms with E-state index in [1.165, 1.54) is 6.07 Å². The van der Waals surface area contributed by atoms with E-state index in [4.69, 9.17) is 0 Å². The van der Waals surface area contributed by atoms with Gasteiger partial charge in [0, 0.05) is 17.5 Å². The lowest BCUT2D eigenvalue weighted by Crippen LogP contribution is -2.42. The molecule has 1 aliphatic rings. The van der Waals surface area contributed by atoms with Crippen LogP contribution < -0.4 is 5.32 Å². The van der Waals surface area contributed by atoms with Gasteiger partial charge in [0.1, 0.15) is 4.90 Å². The smallest absolute Gasteiger partial charge is 0.285 e. The largest absolute Gasteiger partial charge is 0.349 e. The molecule has 1 amide bonds. The number of carbonyl (C=O) groups is 1. The first-order chi connectivity index (χ1) is 12.6. The summed E-state index contributed by atoms with van der Waals surface area (Å²) < 4.78 is 28.3. The number of benzene rings is 1. The van der Waals surface area contributed by atoms with Crippen LogP contribution in [0.5, 0.6) is 0 Å². The van der Waals surface area contributed by atoms with Crippen molar-refractivity contribution in [3.63, 3.8) is 0 Å². The van der Waals surface area contributed by atoms with Crippen molar-refractivity contribution in [2.24, 2.45) is 9.81 Å². The predicted molar refractivity (Wildman–Crippen MR) is 107 cm³/mol. The molecule has 27 heavy (non-hydrogen) atoms. The maximum absolute atomic E-state index is 12.7. The lowest BCUT2D eigenvalue weighted by Gasteiger charge is -2.31. The average Bonchev–Trinajstić information content (AvgIpc) is 3.18. The van der Waals surface area contributed by atoms with Crippen LogP contribution in [0.2, 0.25) is 0 Å². The Morgan fingerprint density at radius 2 is 1.93 bits per heavy atom. The third-order valence-electron chi connectivity index (χ3n) is 4.35. The highest BCUT2D eigenvalue weighted by atomic mass is 32.2. The summed E-state index contributed by atoms with van der Waals surface area (Å²) in [7, 11) is -2.03. The van der Waals surface area contributed by atoms with Crippen molar-refractivity contribution < 1.29 is 13.2 Å². The third kappa shape index (κ3) is 4.06. The number of sulfonamides is 1. The molecular weight excluding hydrogens is 382 g/mol. The Hall–Kier alpha value is -2.19. The van der Waals surface area contributed by atoms with Crippen LogP contribution in [0.1, 0.15) is 37.3 Å². The van der Waals surface area contributed by atoms with Crippen molar-refractivity contribution in [1.82, 2.24) is 10.2 Å². The predicted octanol–water partition coefficient (Wildman–Crippen LogP) is 3.03. The summed E-state index contributed by atoms with van der Waals surface area (Å²) in [4.78, 5) is 15.5. The van der Waals surface area contributed by atoms with Gasteiger partial charge in [0.15, 0.2) is 5.84 Å². The van der Waals surface area contributed by atoms with Crippen LogP contribution in [-0.2, 0) is 14.8 Å². The van der Waals surface area contributed by atoms with E-state index in [1.807, 2.05) is 17.5 Å². The van der Waals surface area contributed by atoms with E-state index in [9.17, 15) is 13.2 Å².